The van der Waals surface area contributed by atoms with E-state index in [0.717, 1.165) is 109 Å². The Bertz CT molecular complexity index is 2940. The van der Waals surface area contributed by atoms with Crippen molar-refractivity contribution >= 4 is 34.7 Å². The van der Waals surface area contributed by atoms with Crippen molar-refractivity contribution in [2.24, 2.45) is 23.7 Å². The maximum Gasteiger partial charge on any atom is 0.168 e. The summed E-state index contributed by atoms with van der Waals surface area (Å²) in [4.78, 5) is 73.8. The van der Waals surface area contributed by atoms with Gasteiger partial charge in [0.05, 0.1) is 0 Å². The number of unbranched alkanes of at least 4 members (excludes halogenated alkanes) is 42. The van der Waals surface area contributed by atoms with Crippen LogP contribution in [-0.2, 0) is 19.2 Å². The van der Waals surface area contributed by atoms with E-state index in [9.17, 15) is 28.8 Å². The van der Waals surface area contributed by atoms with Crippen LogP contribution in [0.4, 0.5) is 0 Å². The molecule has 9 heteroatoms. The van der Waals surface area contributed by atoms with Crippen molar-refractivity contribution in [1.82, 2.24) is 0 Å². The van der Waals surface area contributed by atoms with E-state index < -0.39 is 0 Å². The number of rotatable bonds is 75. The number of aryl methyl sites for hydroxylation is 2. The third kappa shape index (κ3) is 57.0. The number of aliphatic hydroxyl groups excluding tert-OH is 3. The Morgan fingerprint density at radius 2 is 0.517 bits per heavy atom. The molecule has 0 spiro atoms. The monoisotopic (exact) mass is 1670 g/mol. The molecule has 0 radical (unpaired) electrons. The summed E-state index contributed by atoms with van der Waals surface area (Å²) in [7, 11) is 0. The third-order valence-corrected chi connectivity index (χ3v) is 26.1. The number of hydrogen-bond donors (Lipinski definition) is 3. The number of benzene rings is 3. The minimum atomic E-state index is -0.199. The average molecular weight is 1670 g/mol. The molecular formula is C111H190O9. The van der Waals surface area contributed by atoms with Crippen molar-refractivity contribution in [3.05, 3.63) is 118 Å². The molecule has 0 aliphatic heterocycles. The fourth-order valence-electron chi connectivity index (χ4n) is 18.2. The molecule has 688 valence electrons. The molecule has 6 atom stereocenters. The minimum absolute atomic E-state index is 0. The van der Waals surface area contributed by atoms with Gasteiger partial charge in [-0.05, 0) is 162 Å². The molecule has 2 aliphatic rings. The molecule has 3 aromatic rings. The van der Waals surface area contributed by atoms with E-state index in [0.29, 0.717) is 97.5 Å². The zero-order chi connectivity index (χ0) is 86.7. The van der Waals surface area contributed by atoms with Gasteiger partial charge in [0.2, 0.25) is 0 Å². The smallest absolute Gasteiger partial charge is 0.168 e. The van der Waals surface area contributed by atoms with Crippen LogP contribution < -0.4 is 0 Å². The fraction of sp³-hybridized carbons (Fsp3) is 0.766. The van der Waals surface area contributed by atoms with Gasteiger partial charge in [-0.25, -0.2) is 0 Å². The predicted molar refractivity (Wildman–Crippen MR) is 517 cm³/mol. The topological polar surface area (TPSA) is 163 Å². The fourth-order valence-corrected chi connectivity index (χ4v) is 18.2. The van der Waals surface area contributed by atoms with Gasteiger partial charge < -0.3 is 15.3 Å². The second-order valence-electron chi connectivity index (χ2n) is 36.7. The maximum atomic E-state index is 13.6. The SMILES string of the molecule is C.CCCCCCC1C=CC(CCCCCCCC(=O)CCCC)C2C(=O)c3ccccc3C(=O)C12.CCCCCCCCCC(CCCCCCCC(=O)CCCO)c1cc(C)c(C)c(C)c1.CCCCCCCCCC(CCCCCCCC(=O)CCCO)c1ccccc1.CCCCCCCCCCCCCCCCCC(=O)CCCO. The Hall–Kier alpha value is -4.70. The molecule has 0 heterocycles. The number of hydrogen-bond acceptors (Lipinski definition) is 9. The lowest BCUT2D eigenvalue weighted by atomic mass is 9.60. The molecule has 3 aromatic carbocycles. The summed E-state index contributed by atoms with van der Waals surface area (Å²) in [5.41, 5.74) is 8.68. The van der Waals surface area contributed by atoms with Crippen LogP contribution in [0.3, 0.4) is 0 Å². The lowest BCUT2D eigenvalue weighted by Crippen LogP contribution is -2.45. The number of allylic oxidation sites excluding steroid dienone is 2. The van der Waals surface area contributed by atoms with Crippen molar-refractivity contribution in [2.75, 3.05) is 19.8 Å². The van der Waals surface area contributed by atoms with E-state index in [1.165, 1.54) is 292 Å². The summed E-state index contributed by atoms with van der Waals surface area (Å²) in [5, 5.41) is 26.3. The molecule has 0 saturated heterocycles. The minimum Gasteiger partial charge on any atom is -0.396 e. The Morgan fingerprint density at radius 3 is 0.808 bits per heavy atom. The molecule has 5 rings (SSSR count). The summed E-state index contributed by atoms with van der Waals surface area (Å²) in [6.45, 7) is 18.4. The standard InChI is InChI=1S/C32H46O3.C30H52O2.C27H46O2.C21H42O2.CH4/c1-3-5-7-11-16-24-22-23-25(17-12-9-8-10-13-19-26(33)18-6-4-2)30-29(24)31(34)27-20-14-15-21-28(27)32(30)35;1-5-6-7-8-9-11-14-18-28(29-23-25(2)27(4)26(3)24-29)19-15-12-10-13-16-20-30(32)21-17-22-31;1-2-3-4-5-6-8-12-18-25(26-20-14-11-15-21-26)19-13-9-7-10-16-22-27(29)23-17-24-28;1-2-3-4-5-6-7-8-9-10-11-12-13-14-15-16-18-21(23)19-17-20-22;/h14-15,20-25,29-30H,3-13,16-19H2,1-2H3;23-24,28,31H,5-22H2,1-4H3;11,14-15,20-21,25,28H,2-10,12-13,16-19,22-24H2,1H3;22H,2-20H2,1H3;1H4. The van der Waals surface area contributed by atoms with E-state index in [2.05, 4.69) is 110 Å². The van der Waals surface area contributed by atoms with Crippen molar-refractivity contribution in [1.29, 1.82) is 0 Å². The van der Waals surface area contributed by atoms with Crippen LogP contribution in [0.1, 0.15) is 533 Å². The van der Waals surface area contributed by atoms with Gasteiger partial charge in [-0.2, -0.15) is 0 Å². The van der Waals surface area contributed by atoms with E-state index in [-0.39, 0.29) is 62.5 Å². The molecule has 2 aliphatic carbocycles. The molecular weight excluding hydrogens is 1480 g/mol. The predicted octanol–water partition coefficient (Wildman–Crippen LogP) is 32.7. The number of carbonyl (C=O) groups excluding carboxylic acids is 6. The number of Topliss-reactive ketones (excluding diaryl/α,β-unsaturated/α-hetero) is 6. The largest absolute Gasteiger partial charge is 0.396 e. The van der Waals surface area contributed by atoms with Gasteiger partial charge in [0.1, 0.15) is 23.1 Å². The van der Waals surface area contributed by atoms with Crippen LogP contribution in [0.2, 0.25) is 0 Å². The Morgan fingerprint density at radius 1 is 0.283 bits per heavy atom. The van der Waals surface area contributed by atoms with Crippen LogP contribution in [0.15, 0.2) is 78.9 Å². The lowest BCUT2D eigenvalue weighted by molar-refractivity contribution is -0.120. The van der Waals surface area contributed by atoms with Gasteiger partial charge in [0.25, 0.3) is 0 Å². The van der Waals surface area contributed by atoms with Crippen LogP contribution in [0.25, 0.3) is 0 Å². The maximum absolute atomic E-state index is 13.6. The summed E-state index contributed by atoms with van der Waals surface area (Å²) < 4.78 is 0. The first-order chi connectivity index (χ1) is 58.2. The zero-order valence-corrected chi connectivity index (χ0v) is 78.8. The van der Waals surface area contributed by atoms with Crippen molar-refractivity contribution < 1.29 is 44.1 Å². The highest BCUT2D eigenvalue weighted by molar-refractivity contribution is 6.16. The number of carbonyl (C=O) groups is 6. The molecule has 0 saturated carbocycles. The molecule has 0 bridgehead atoms. The highest BCUT2D eigenvalue weighted by Crippen LogP contribution is 2.46. The van der Waals surface area contributed by atoms with E-state index in [1.54, 1.807) is 5.56 Å². The first-order valence-electron chi connectivity index (χ1n) is 51.0. The van der Waals surface area contributed by atoms with E-state index in [4.69, 9.17) is 15.3 Å². The first-order valence-corrected chi connectivity index (χ1v) is 51.0. The van der Waals surface area contributed by atoms with E-state index >= 15 is 0 Å². The Balaban J connectivity index is 0.000000807. The lowest BCUT2D eigenvalue weighted by Gasteiger charge is -2.41. The van der Waals surface area contributed by atoms with Crippen LogP contribution >= 0.6 is 0 Å². The van der Waals surface area contributed by atoms with Crippen LogP contribution in [0.5, 0.6) is 0 Å². The average Bonchev–Trinajstić information content (AvgIpc) is 0.742. The molecule has 120 heavy (non-hydrogen) atoms. The van der Waals surface area contributed by atoms with Gasteiger partial charge in [-0.15, -0.1) is 0 Å². The summed E-state index contributed by atoms with van der Waals surface area (Å²) in [6.07, 6.45) is 83.0. The third-order valence-electron chi connectivity index (χ3n) is 26.1. The van der Waals surface area contributed by atoms with Crippen molar-refractivity contribution in [3.63, 3.8) is 0 Å². The Labute approximate surface area is 740 Å². The van der Waals surface area contributed by atoms with Crippen molar-refractivity contribution in [3.8, 4) is 0 Å². The second kappa shape index (κ2) is 80.2. The molecule has 9 nitrogen and oxygen atoms in total. The quantitative estimate of drug-likeness (QED) is 0.0369. The second-order valence-corrected chi connectivity index (χ2v) is 36.7. The van der Waals surface area contributed by atoms with Gasteiger partial charge in [0, 0.05) is 94.1 Å². The van der Waals surface area contributed by atoms with Gasteiger partial charge in [-0.1, -0.05) is 410 Å². The van der Waals surface area contributed by atoms with Crippen molar-refractivity contribution in [2.45, 2.75) is 505 Å². The van der Waals surface area contributed by atoms with Crippen LogP contribution in [0, 0.1) is 44.4 Å². The molecule has 0 amide bonds. The number of aliphatic hydroxyl groups is 3. The molecule has 0 aromatic heterocycles. The normalized spacial score (nSPS) is 15.1. The highest BCUT2D eigenvalue weighted by atomic mass is 16.3. The zero-order valence-electron chi connectivity index (χ0n) is 78.8. The molecule has 0 fully saturated rings. The molecule has 6 unspecified atom stereocenters. The first kappa shape index (κ1) is 113. The molecule has 3 N–H and O–H groups in total. The Kier molecular flexibility index (Phi) is 75.7. The van der Waals surface area contributed by atoms with Gasteiger partial charge in [-0.3, -0.25) is 28.8 Å². The number of fused-ring (bicyclic) bond motifs is 2. The van der Waals surface area contributed by atoms with E-state index in [1.807, 2.05) is 24.3 Å². The van der Waals surface area contributed by atoms with Crippen LogP contribution in [-0.4, -0.2) is 69.8 Å². The summed E-state index contributed by atoms with van der Waals surface area (Å²) >= 11 is 0. The van der Waals surface area contributed by atoms with Gasteiger partial charge in [0.15, 0.2) is 11.6 Å². The number of ketones is 6. The summed E-state index contributed by atoms with van der Waals surface area (Å²) in [5.74, 6) is 3.11. The van der Waals surface area contributed by atoms with Gasteiger partial charge >= 0.3 is 0 Å². The summed E-state index contributed by atoms with van der Waals surface area (Å²) in [6, 6.07) is 23.5. The highest BCUT2D eigenvalue weighted by Gasteiger charge is 2.48.